The van der Waals surface area contributed by atoms with E-state index in [0.29, 0.717) is 23.2 Å². The highest BCUT2D eigenvalue weighted by Crippen LogP contribution is 2.13. The van der Waals surface area contributed by atoms with Crippen molar-refractivity contribution in [2.45, 2.75) is 20.3 Å². The van der Waals surface area contributed by atoms with Crippen LogP contribution in [0, 0.1) is 6.92 Å². The second-order valence-corrected chi connectivity index (χ2v) is 4.48. The van der Waals surface area contributed by atoms with Crippen LogP contribution in [0.5, 0.6) is 0 Å². The predicted molar refractivity (Wildman–Crippen MR) is 74.1 cm³/mol. The number of nitrogens with zero attached hydrogens (tertiary/aromatic N) is 2. The molecule has 1 aromatic carbocycles. The van der Waals surface area contributed by atoms with Crippen molar-refractivity contribution in [2.24, 2.45) is 0 Å². The standard InChI is InChI=1S/C14H13ClN2O2/c1-3-11-9(2)12(13(15)18)16-17(14(11)19)10-7-5-4-6-8-10/h4-8H,3H2,1-2H3. The quantitative estimate of drug-likeness (QED) is 0.809. The van der Waals surface area contributed by atoms with Crippen LogP contribution in [0.15, 0.2) is 35.1 Å². The number of carbonyl (C=O) groups is 1. The Balaban J connectivity index is 2.79. The first-order valence-electron chi connectivity index (χ1n) is 5.94. The lowest BCUT2D eigenvalue weighted by Crippen LogP contribution is -2.28. The Morgan fingerprint density at radius 1 is 1.32 bits per heavy atom. The molecule has 2 rings (SSSR count). The number of rotatable bonds is 3. The van der Waals surface area contributed by atoms with Crippen LogP contribution in [-0.2, 0) is 6.42 Å². The second kappa shape index (κ2) is 5.36. The lowest BCUT2D eigenvalue weighted by Gasteiger charge is -2.11. The van der Waals surface area contributed by atoms with E-state index in [2.05, 4.69) is 5.10 Å². The normalized spacial score (nSPS) is 10.5. The van der Waals surface area contributed by atoms with Crippen molar-refractivity contribution in [3.63, 3.8) is 0 Å². The van der Waals surface area contributed by atoms with Crippen LogP contribution in [0.25, 0.3) is 5.69 Å². The van der Waals surface area contributed by atoms with Gasteiger partial charge >= 0.3 is 0 Å². The third-order valence-electron chi connectivity index (χ3n) is 3.00. The number of benzene rings is 1. The summed E-state index contributed by atoms with van der Waals surface area (Å²) in [4.78, 5) is 23.8. The smallest absolute Gasteiger partial charge is 0.274 e. The van der Waals surface area contributed by atoms with Gasteiger partial charge in [-0.2, -0.15) is 9.78 Å². The Hall–Kier alpha value is -1.94. The van der Waals surface area contributed by atoms with Gasteiger partial charge in [0.2, 0.25) is 0 Å². The minimum absolute atomic E-state index is 0.127. The average molecular weight is 277 g/mol. The summed E-state index contributed by atoms with van der Waals surface area (Å²) in [7, 11) is 0. The summed E-state index contributed by atoms with van der Waals surface area (Å²) in [5.41, 5.74) is 1.64. The highest BCUT2D eigenvalue weighted by Gasteiger charge is 2.17. The molecule has 0 saturated heterocycles. The van der Waals surface area contributed by atoms with Crippen LogP contribution >= 0.6 is 11.6 Å². The Morgan fingerprint density at radius 2 is 1.95 bits per heavy atom. The highest BCUT2D eigenvalue weighted by atomic mass is 35.5. The number of hydrogen-bond donors (Lipinski definition) is 0. The monoisotopic (exact) mass is 276 g/mol. The maximum atomic E-state index is 12.3. The fraction of sp³-hybridized carbons (Fsp3) is 0.214. The van der Waals surface area contributed by atoms with Gasteiger partial charge in [0.25, 0.3) is 10.8 Å². The Labute approximate surface area is 115 Å². The van der Waals surface area contributed by atoms with Crippen molar-refractivity contribution in [2.75, 3.05) is 0 Å². The lowest BCUT2D eigenvalue weighted by atomic mass is 10.1. The van der Waals surface area contributed by atoms with Crippen molar-refractivity contribution in [1.29, 1.82) is 0 Å². The van der Waals surface area contributed by atoms with Gasteiger partial charge in [0.15, 0.2) is 0 Å². The minimum Gasteiger partial charge on any atom is -0.274 e. The molecule has 0 bridgehead atoms. The summed E-state index contributed by atoms with van der Waals surface area (Å²) in [5, 5.41) is 3.42. The summed E-state index contributed by atoms with van der Waals surface area (Å²) < 4.78 is 1.22. The molecule has 0 spiro atoms. The molecule has 0 amide bonds. The van der Waals surface area contributed by atoms with Gasteiger partial charge in [0.05, 0.1) is 5.69 Å². The van der Waals surface area contributed by atoms with Crippen LogP contribution < -0.4 is 5.56 Å². The molecule has 1 aromatic heterocycles. The molecule has 0 radical (unpaired) electrons. The van der Waals surface area contributed by atoms with Gasteiger partial charge in [0, 0.05) is 5.56 Å². The maximum Gasteiger partial charge on any atom is 0.274 e. The van der Waals surface area contributed by atoms with Crippen LogP contribution in [0.2, 0.25) is 0 Å². The van der Waals surface area contributed by atoms with Gasteiger partial charge in [-0.15, -0.1) is 0 Å². The first-order valence-corrected chi connectivity index (χ1v) is 6.32. The number of hydrogen-bond acceptors (Lipinski definition) is 3. The maximum absolute atomic E-state index is 12.3. The molecule has 2 aromatic rings. The van der Waals surface area contributed by atoms with Crippen molar-refractivity contribution in [3.8, 4) is 5.69 Å². The zero-order chi connectivity index (χ0) is 14.0. The van der Waals surface area contributed by atoms with Crippen LogP contribution in [0.3, 0.4) is 0 Å². The molecule has 0 aliphatic rings. The molecular weight excluding hydrogens is 264 g/mol. The van der Waals surface area contributed by atoms with E-state index in [9.17, 15) is 9.59 Å². The topological polar surface area (TPSA) is 52.0 Å². The third-order valence-corrected chi connectivity index (χ3v) is 3.18. The molecule has 4 nitrogen and oxygen atoms in total. The van der Waals surface area contributed by atoms with Crippen molar-refractivity contribution < 1.29 is 4.79 Å². The van der Waals surface area contributed by atoms with E-state index in [4.69, 9.17) is 11.6 Å². The van der Waals surface area contributed by atoms with Gasteiger partial charge in [-0.25, -0.2) is 0 Å². The molecule has 0 aliphatic heterocycles. The van der Waals surface area contributed by atoms with Gasteiger partial charge in [-0.1, -0.05) is 25.1 Å². The predicted octanol–water partition coefficient (Wildman–Crippen LogP) is 2.48. The summed E-state index contributed by atoms with van der Waals surface area (Å²) >= 11 is 5.53. The zero-order valence-corrected chi connectivity index (χ0v) is 11.4. The van der Waals surface area contributed by atoms with Crippen molar-refractivity contribution >= 4 is 16.8 Å². The SMILES string of the molecule is CCc1c(C)c(C(=O)Cl)nn(-c2ccccc2)c1=O. The molecule has 0 unspecified atom stereocenters. The number of carbonyl (C=O) groups excluding carboxylic acids is 1. The van der Waals surface area contributed by atoms with E-state index in [0.717, 1.165) is 0 Å². The molecule has 19 heavy (non-hydrogen) atoms. The fourth-order valence-corrected chi connectivity index (χ4v) is 2.18. The second-order valence-electron chi connectivity index (χ2n) is 4.13. The van der Waals surface area contributed by atoms with Crippen LogP contribution in [-0.4, -0.2) is 15.0 Å². The zero-order valence-electron chi connectivity index (χ0n) is 10.7. The number of aromatic nitrogens is 2. The molecular formula is C14H13ClN2O2. The first kappa shape index (κ1) is 13.5. The molecule has 0 saturated carbocycles. The average Bonchev–Trinajstić information content (AvgIpc) is 2.40. The van der Waals surface area contributed by atoms with Crippen LogP contribution in [0.1, 0.15) is 28.5 Å². The van der Waals surface area contributed by atoms with Gasteiger partial charge in [-0.05, 0) is 42.6 Å². The summed E-state index contributed by atoms with van der Waals surface area (Å²) in [6.07, 6.45) is 0.525. The molecule has 5 heteroatoms. The van der Waals surface area contributed by atoms with Crippen molar-refractivity contribution in [1.82, 2.24) is 9.78 Å². The minimum atomic E-state index is -0.656. The fourth-order valence-electron chi connectivity index (χ4n) is 2.00. The Kier molecular flexibility index (Phi) is 3.81. The first-order chi connectivity index (χ1) is 9.06. The summed E-state index contributed by atoms with van der Waals surface area (Å²) in [6.45, 7) is 3.56. The number of halogens is 1. The van der Waals surface area contributed by atoms with E-state index in [-0.39, 0.29) is 11.3 Å². The van der Waals surface area contributed by atoms with E-state index in [1.165, 1.54) is 4.68 Å². The van der Waals surface area contributed by atoms with Gasteiger partial charge < -0.3 is 0 Å². The Morgan fingerprint density at radius 3 is 2.47 bits per heavy atom. The van der Waals surface area contributed by atoms with E-state index in [1.54, 1.807) is 31.2 Å². The Bertz CT molecular complexity index is 678. The van der Waals surface area contributed by atoms with E-state index < -0.39 is 5.24 Å². The number of para-hydroxylation sites is 1. The van der Waals surface area contributed by atoms with E-state index >= 15 is 0 Å². The highest BCUT2D eigenvalue weighted by molar-refractivity contribution is 6.67. The summed E-state index contributed by atoms with van der Waals surface area (Å²) in [5.74, 6) is 0. The van der Waals surface area contributed by atoms with Gasteiger partial charge in [-0.3, -0.25) is 9.59 Å². The van der Waals surface area contributed by atoms with Crippen molar-refractivity contribution in [3.05, 3.63) is 57.5 Å². The molecule has 98 valence electrons. The molecule has 1 heterocycles. The summed E-state index contributed by atoms with van der Waals surface area (Å²) in [6, 6.07) is 8.96. The molecule has 0 aliphatic carbocycles. The van der Waals surface area contributed by atoms with E-state index in [1.807, 2.05) is 13.0 Å². The molecule has 0 fully saturated rings. The lowest BCUT2D eigenvalue weighted by molar-refractivity contribution is 0.107. The third kappa shape index (κ3) is 2.44. The molecule has 0 N–H and O–H groups in total. The molecule has 0 atom stereocenters. The van der Waals surface area contributed by atoms with Gasteiger partial charge in [0.1, 0.15) is 5.69 Å². The van der Waals surface area contributed by atoms with Crippen LogP contribution in [0.4, 0.5) is 0 Å². The largest absolute Gasteiger partial charge is 0.274 e.